The third-order valence-electron chi connectivity index (χ3n) is 6.91. The summed E-state index contributed by atoms with van der Waals surface area (Å²) in [7, 11) is -4.35. The van der Waals surface area contributed by atoms with Gasteiger partial charge in [-0.1, -0.05) is 36.4 Å². The summed E-state index contributed by atoms with van der Waals surface area (Å²) >= 11 is 0. The number of carbonyl (C=O) groups is 1. The van der Waals surface area contributed by atoms with Crippen LogP contribution in [0.1, 0.15) is 26.8 Å². The lowest BCUT2D eigenvalue weighted by atomic mass is 9.97. The van der Waals surface area contributed by atoms with Crippen LogP contribution in [0.25, 0.3) is 21.8 Å². The second-order valence-corrected chi connectivity index (χ2v) is 12.8. The average Bonchev–Trinajstić information content (AvgIpc) is 3.22. The molecule has 3 atom stereocenters. The van der Waals surface area contributed by atoms with Crippen LogP contribution < -0.4 is 9.46 Å². The van der Waals surface area contributed by atoms with Crippen molar-refractivity contribution < 1.29 is 41.0 Å². The molecule has 0 unspecified atom stereocenters. The first kappa shape index (κ1) is 29.7. The number of rotatable bonds is 5. The molecule has 0 radical (unpaired) electrons. The van der Waals surface area contributed by atoms with Crippen molar-refractivity contribution in [1.82, 2.24) is 14.2 Å². The SMILES string of the molecule is CC(C)(C)OC(=O)N1C[C@@H](n2c3ccccc3c3ccccc32)[C@@H](O)[C@H](NS(=O)(=O)c2ccc(OC(F)(F)F)cc2)C1. The van der Waals surface area contributed by atoms with Crippen molar-refractivity contribution in [2.45, 2.75) is 55.8 Å². The number of likely N-dealkylation sites (tertiary alicyclic amines) is 1. The summed E-state index contributed by atoms with van der Waals surface area (Å²) in [5.41, 5.74) is 0.747. The Hall–Kier alpha value is -3.81. The number of hydrogen-bond acceptors (Lipinski definition) is 6. The molecular weight excluding hydrogens is 575 g/mol. The van der Waals surface area contributed by atoms with Crippen LogP contribution in [-0.4, -0.2) is 66.3 Å². The number of benzene rings is 3. The van der Waals surface area contributed by atoms with Gasteiger partial charge in [0.2, 0.25) is 10.0 Å². The molecule has 3 aromatic carbocycles. The molecule has 0 bridgehead atoms. The van der Waals surface area contributed by atoms with Crippen molar-refractivity contribution in [1.29, 1.82) is 0 Å². The largest absolute Gasteiger partial charge is 0.573 e. The molecule has 0 spiro atoms. The number of nitrogens with one attached hydrogen (secondary N) is 1. The van der Waals surface area contributed by atoms with Crippen molar-refractivity contribution >= 4 is 37.9 Å². The zero-order valence-electron chi connectivity index (χ0n) is 23.0. The first-order valence-electron chi connectivity index (χ1n) is 13.1. The molecule has 224 valence electrons. The van der Waals surface area contributed by atoms with E-state index in [0.29, 0.717) is 0 Å². The maximum absolute atomic E-state index is 13.3. The van der Waals surface area contributed by atoms with Crippen molar-refractivity contribution in [3.63, 3.8) is 0 Å². The summed E-state index contributed by atoms with van der Waals surface area (Å²) in [6.45, 7) is 4.94. The van der Waals surface area contributed by atoms with Gasteiger partial charge in [0.15, 0.2) is 0 Å². The number of fused-ring (bicyclic) bond motifs is 3. The molecule has 1 fully saturated rings. The van der Waals surface area contributed by atoms with Gasteiger partial charge in [0.1, 0.15) is 11.4 Å². The van der Waals surface area contributed by atoms with Gasteiger partial charge in [0.25, 0.3) is 0 Å². The van der Waals surface area contributed by atoms with Gasteiger partial charge in [-0.15, -0.1) is 13.2 Å². The fraction of sp³-hybridized carbons (Fsp3) is 0.345. The lowest BCUT2D eigenvalue weighted by Gasteiger charge is -2.42. The van der Waals surface area contributed by atoms with Crippen molar-refractivity contribution in [3.05, 3.63) is 72.8 Å². The first-order valence-corrected chi connectivity index (χ1v) is 14.6. The second kappa shape index (κ2) is 10.8. The van der Waals surface area contributed by atoms with E-state index >= 15 is 0 Å². The molecular formula is C29H30F3N3O6S. The topological polar surface area (TPSA) is 110 Å². The number of aliphatic hydroxyl groups is 1. The van der Waals surface area contributed by atoms with Gasteiger partial charge in [-0.2, -0.15) is 0 Å². The smallest absolute Gasteiger partial charge is 0.444 e. The van der Waals surface area contributed by atoms with E-state index in [1.165, 1.54) is 4.90 Å². The van der Waals surface area contributed by atoms with Crippen molar-refractivity contribution in [2.24, 2.45) is 0 Å². The molecule has 1 aliphatic rings. The summed E-state index contributed by atoms with van der Waals surface area (Å²) in [4.78, 5) is 14.2. The molecule has 0 aliphatic carbocycles. The highest BCUT2D eigenvalue weighted by atomic mass is 32.2. The number of ether oxygens (including phenoxy) is 2. The number of para-hydroxylation sites is 2. The molecule has 1 saturated heterocycles. The number of alkyl halides is 3. The van der Waals surface area contributed by atoms with E-state index in [2.05, 4.69) is 9.46 Å². The zero-order valence-corrected chi connectivity index (χ0v) is 23.8. The first-order chi connectivity index (χ1) is 19.6. The number of amides is 1. The number of sulfonamides is 1. The summed E-state index contributed by atoms with van der Waals surface area (Å²) in [5, 5.41) is 13.5. The van der Waals surface area contributed by atoms with Gasteiger partial charge >= 0.3 is 12.5 Å². The average molecular weight is 606 g/mol. The Bertz CT molecular complexity index is 1660. The quantitative estimate of drug-likeness (QED) is 0.324. The summed E-state index contributed by atoms with van der Waals surface area (Å²) in [5.74, 6) is -0.582. The molecule has 2 heterocycles. The van der Waals surface area contributed by atoms with E-state index in [4.69, 9.17) is 4.74 Å². The minimum atomic E-state index is -4.93. The third-order valence-corrected chi connectivity index (χ3v) is 8.41. The lowest BCUT2D eigenvalue weighted by molar-refractivity contribution is -0.274. The van der Waals surface area contributed by atoms with Crippen LogP contribution in [0.5, 0.6) is 5.75 Å². The normalized spacial score (nSPS) is 20.2. The fourth-order valence-electron chi connectivity index (χ4n) is 5.24. The van der Waals surface area contributed by atoms with Crippen LogP contribution >= 0.6 is 0 Å². The van der Waals surface area contributed by atoms with Gasteiger partial charge in [0, 0.05) is 34.9 Å². The van der Waals surface area contributed by atoms with Gasteiger partial charge in [-0.3, -0.25) is 0 Å². The Labute approximate surface area is 240 Å². The van der Waals surface area contributed by atoms with Crippen LogP contribution in [0, 0.1) is 0 Å². The predicted octanol–water partition coefficient (Wildman–Crippen LogP) is 5.19. The molecule has 1 aromatic heterocycles. The molecule has 4 aromatic rings. The minimum absolute atomic E-state index is 0.0282. The third kappa shape index (κ3) is 6.18. The highest BCUT2D eigenvalue weighted by Crippen LogP contribution is 2.36. The number of hydrogen-bond donors (Lipinski definition) is 2. The van der Waals surface area contributed by atoms with Crippen molar-refractivity contribution in [2.75, 3.05) is 13.1 Å². The van der Waals surface area contributed by atoms with E-state index in [-0.39, 0.29) is 18.0 Å². The molecule has 5 rings (SSSR count). The predicted molar refractivity (Wildman–Crippen MR) is 150 cm³/mol. The molecule has 2 N–H and O–H groups in total. The molecule has 0 saturated carbocycles. The van der Waals surface area contributed by atoms with Crippen LogP contribution in [0.15, 0.2) is 77.7 Å². The number of nitrogens with zero attached hydrogens (tertiary/aromatic N) is 2. The van der Waals surface area contributed by atoms with Gasteiger partial charge in [0.05, 0.1) is 23.1 Å². The van der Waals surface area contributed by atoms with Crippen LogP contribution in [-0.2, 0) is 14.8 Å². The monoisotopic (exact) mass is 605 g/mol. The summed E-state index contributed by atoms with van der Waals surface area (Å²) in [6.07, 6.45) is -6.92. The lowest BCUT2D eigenvalue weighted by Crippen LogP contribution is -2.60. The number of halogens is 3. The Morgan fingerprint density at radius 2 is 1.45 bits per heavy atom. The highest BCUT2D eigenvalue weighted by molar-refractivity contribution is 7.89. The summed E-state index contributed by atoms with van der Waals surface area (Å²) in [6, 6.07) is 16.9. The van der Waals surface area contributed by atoms with E-state index in [1.807, 2.05) is 53.1 Å². The van der Waals surface area contributed by atoms with Crippen molar-refractivity contribution in [3.8, 4) is 5.75 Å². The van der Waals surface area contributed by atoms with E-state index < -0.39 is 52.0 Å². The highest BCUT2D eigenvalue weighted by Gasteiger charge is 2.42. The van der Waals surface area contributed by atoms with Gasteiger partial charge < -0.3 is 24.0 Å². The maximum Gasteiger partial charge on any atom is 0.573 e. The number of carbonyl (C=O) groups excluding carboxylic acids is 1. The maximum atomic E-state index is 13.3. The molecule has 42 heavy (non-hydrogen) atoms. The second-order valence-electron chi connectivity index (χ2n) is 11.1. The van der Waals surface area contributed by atoms with Crippen LogP contribution in [0.3, 0.4) is 0 Å². The standard InChI is InChI=1S/C29H30F3N3O6S/c1-28(2,3)41-27(37)34-16-22(33-42(38,39)19-14-12-18(13-15-19)40-29(30,31)32)26(36)25(17-34)35-23-10-6-4-8-20(23)21-9-5-7-11-24(21)35/h4-15,22,25-26,33,36H,16-17H2,1-3H3/t22-,25-,26+/m1/s1. The fourth-order valence-corrected chi connectivity index (χ4v) is 6.48. The molecule has 1 aliphatic heterocycles. The Morgan fingerprint density at radius 3 is 1.98 bits per heavy atom. The van der Waals surface area contributed by atoms with E-state index in [1.54, 1.807) is 20.8 Å². The van der Waals surface area contributed by atoms with Gasteiger partial charge in [-0.25, -0.2) is 17.9 Å². The molecule has 9 nitrogen and oxygen atoms in total. The number of piperidine rings is 1. The Balaban J connectivity index is 1.52. The molecule has 13 heteroatoms. The van der Waals surface area contributed by atoms with E-state index in [9.17, 15) is 31.5 Å². The molecule has 1 amide bonds. The minimum Gasteiger partial charge on any atom is -0.444 e. The van der Waals surface area contributed by atoms with Gasteiger partial charge in [-0.05, 0) is 57.2 Å². The number of aliphatic hydroxyl groups excluding tert-OH is 1. The van der Waals surface area contributed by atoms with E-state index in [0.717, 1.165) is 46.1 Å². The van der Waals surface area contributed by atoms with Crippen LogP contribution in [0.4, 0.5) is 18.0 Å². The number of aromatic nitrogens is 1. The Morgan fingerprint density at radius 1 is 0.905 bits per heavy atom. The summed E-state index contributed by atoms with van der Waals surface area (Å²) < 4.78 is 78.1. The van der Waals surface area contributed by atoms with Crippen LogP contribution in [0.2, 0.25) is 0 Å². The Kier molecular flexibility index (Phi) is 7.62. The zero-order chi connectivity index (χ0) is 30.4.